The van der Waals surface area contributed by atoms with Crippen LogP contribution in [0.15, 0.2) is 36.5 Å². The second-order valence-corrected chi connectivity index (χ2v) is 11.7. The minimum atomic E-state index is -4.28. The van der Waals surface area contributed by atoms with E-state index in [4.69, 9.17) is 14.2 Å². The molecule has 234 valence electrons. The van der Waals surface area contributed by atoms with Crippen molar-refractivity contribution in [1.29, 1.82) is 0 Å². The number of esters is 1. The molecule has 0 saturated carbocycles. The maximum atomic E-state index is 13.1. The van der Waals surface area contributed by atoms with Gasteiger partial charge in [-0.15, -0.1) is 0 Å². The number of phenols is 1. The Labute approximate surface area is 248 Å². The molecule has 1 N–H and O–H groups in total. The Balaban J connectivity index is 1.74. The minimum Gasteiger partial charge on any atom is -0.507 e. The number of methoxy groups -OCH3 is 2. The summed E-state index contributed by atoms with van der Waals surface area (Å²) in [6.45, 7) is 8.54. The first-order valence-corrected chi connectivity index (χ1v) is 14.0. The molecule has 1 saturated heterocycles. The molecule has 0 bridgehead atoms. The van der Waals surface area contributed by atoms with Crippen LogP contribution in [0.2, 0.25) is 0 Å². The van der Waals surface area contributed by atoms with Crippen LogP contribution in [0.3, 0.4) is 0 Å². The highest BCUT2D eigenvalue weighted by Gasteiger charge is 2.34. The fourth-order valence-electron chi connectivity index (χ4n) is 5.48. The van der Waals surface area contributed by atoms with Crippen molar-refractivity contribution in [3.8, 4) is 11.5 Å². The molecule has 1 fully saturated rings. The van der Waals surface area contributed by atoms with E-state index in [1.54, 1.807) is 45.0 Å². The van der Waals surface area contributed by atoms with Crippen LogP contribution in [-0.4, -0.2) is 83.7 Å². The second kappa shape index (κ2) is 12.5. The van der Waals surface area contributed by atoms with Gasteiger partial charge >= 0.3 is 18.2 Å². The second-order valence-electron chi connectivity index (χ2n) is 11.7. The van der Waals surface area contributed by atoms with E-state index in [-0.39, 0.29) is 24.4 Å². The van der Waals surface area contributed by atoms with Crippen LogP contribution in [-0.2, 0) is 16.0 Å². The van der Waals surface area contributed by atoms with Gasteiger partial charge in [0.15, 0.2) is 0 Å². The zero-order chi connectivity index (χ0) is 31.7. The number of alkyl halides is 3. The Hall–Kier alpha value is -3.77. The number of benzene rings is 2. The van der Waals surface area contributed by atoms with E-state index in [1.807, 2.05) is 19.1 Å². The van der Waals surface area contributed by atoms with Crippen LogP contribution in [0.5, 0.6) is 11.5 Å². The average molecular weight is 606 g/mol. The number of rotatable bonds is 7. The van der Waals surface area contributed by atoms with Gasteiger partial charge in [0, 0.05) is 55.9 Å². The number of ether oxygens (including phenoxy) is 3. The van der Waals surface area contributed by atoms with Gasteiger partial charge in [0.25, 0.3) is 0 Å². The molecule has 1 aromatic heterocycles. The molecule has 0 radical (unpaired) electrons. The van der Waals surface area contributed by atoms with Crippen LogP contribution in [0.1, 0.15) is 60.3 Å². The summed E-state index contributed by atoms with van der Waals surface area (Å²) < 4.78 is 56.7. The largest absolute Gasteiger partial charge is 0.507 e. The predicted molar refractivity (Wildman–Crippen MR) is 155 cm³/mol. The Morgan fingerprint density at radius 1 is 1.07 bits per heavy atom. The van der Waals surface area contributed by atoms with Gasteiger partial charge in [-0.2, -0.15) is 13.2 Å². The third-order valence-corrected chi connectivity index (χ3v) is 7.50. The van der Waals surface area contributed by atoms with E-state index in [9.17, 15) is 27.9 Å². The lowest BCUT2D eigenvalue weighted by Crippen LogP contribution is -2.48. The van der Waals surface area contributed by atoms with E-state index >= 15 is 0 Å². The SMILES string of the molecule is COC(=O)c1ccc(C2CN(CCC(F)(F)F)CCN2Cc2c(OC)cc(C)c3c2ccn3C(=O)OC(C)(C)C)cc1O. The van der Waals surface area contributed by atoms with Crippen molar-refractivity contribution >= 4 is 23.0 Å². The van der Waals surface area contributed by atoms with Crippen LogP contribution >= 0.6 is 0 Å². The number of phenolic OH excluding ortho intramolecular Hbond substituents is 1. The summed E-state index contributed by atoms with van der Waals surface area (Å²) in [7, 11) is 2.77. The molecule has 1 unspecified atom stereocenters. The van der Waals surface area contributed by atoms with Gasteiger partial charge < -0.3 is 19.3 Å². The molecule has 12 heteroatoms. The predicted octanol–water partition coefficient (Wildman–Crippen LogP) is 6.05. The van der Waals surface area contributed by atoms with Gasteiger partial charge in [-0.1, -0.05) is 6.07 Å². The third kappa shape index (κ3) is 7.42. The molecule has 0 amide bonds. The maximum absolute atomic E-state index is 13.1. The summed E-state index contributed by atoms with van der Waals surface area (Å²) in [5.74, 6) is -0.367. The number of nitrogens with zero attached hydrogens (tertiary/aromatic N) is 3. The highest BCUT2D eigenvalue weighted by molar-refractivity contribution is 5.95. The summed E-state index contributed by atoms with van der Waals surface area (Å²) in [6, 6.07) is 7.85. The molecule has 0 aliphatic carbocycles. The van der Waals surface area contributed by atoms with Crippen molar-refractivity contribution in [2.24, 2.45) is 0 Å². The van der Waals surface area contributed by atoms with Crippen molar-refractivity contribution in [3.05, 3.63) is 58.8 Å². The van der Waals surface area contributed by atoms with Crippen molar-refractivity contribution in [1.82, 2.24) is 14.4 Å². The van der Waals surface area contributed by atoms with Crippen molar-refractivity contribution < 1.29 is 42.1 Å². The Morgan fingerprint density at radius 2 is 1.79 bits per heavy atom. The van der Waals surface area contributed by atoms with Crippen LogP contribution in [0.25, 0.3) is 10.9 Å². The lowest BCUT2D eigenvalue weighted by Gasteiger charge is -2.42. The van der Waals surface area contributed by atoms with Gasteiger partial charge in [-0.25, -0.2) is 9.59 Å². The molecule has 1 aliphatic heterocycles. The van der Waals surface area contributed by atoms with E-state index in [1.165, 1.54) is 23.8 Å². The summed E-state index contributed by atoms with van der Waals surface area (Å²) in [6.07, 6.45) is -4.07. The Kier molecular flexibility index (Phi) is 9.31. The topological polar surface area (TPSA) is 93.5 Å². The Bertz CT molecular complexity index is 1490. The Morgan fingerprint density at radius 3 is 2.40 bits per heavy atom. The number of aryl methyl sites for hydroxylation is 1. The van der Waals surface area contributed by atoms with Gasteiger partial charge in [0.2, 0.25) is 0 Å². The van der Waals surface area contributed by atoms with Crippen molar-refractivity contribution in [2.75, 3.05) is 40.4 Å². The zero-order valence-corrected chi connectivity index (χ0v) is 25.2. The fourth-order valence-corrected chi connectivity index (χ4v) is 5.48. The van der Waals surface area contributed by atoms with Crippen molar-refractivity contribution in [3.63, 3.8) is 0 Å². The first-order chi connectivity index (χ1) is 20.1. The first-order valence-electron chi connectivity index (χ1n) is 14.0. The monoisotopic (exact) mass is 605 g/mol. The molecule has 43 heavy (non-hydrogen) atoms. The third-order valence-electron chi connectivity index (χ3n) is 7.50. The fraction of sp³-hybridized carbons (Fsp3) is 0.484. The molecule has 4 rings (SSSR count). The van der Waals surface area contributed by atoms with E-state index in [0.29, 0.717) is 36.5 Å². The van der Waals surface area contributed by atoms with Crippen molar-refractivity contribution in [2.45, 2.75) is 58.5 Å². The first kappa shape index (κ1) is 32.2. The number of carbonyl (C=O) groups is 2. The van der Waals surface area contributed by atoms with Gasteiger partial charge in [-0.05, 0) is 63.1 Å². The molecular weight excluding hydrogens is 567 g/mol. The van der Waals surface area contributed by atoms with Gasteiger partial charge in [-0.3, -0.25) is 14.4 Å². The standard InChI is InChI=1S/C31H38F3N3O6/c1-19-15-26(41-5)23(21-9-11-37(27(19)21)29(40)43-30(2,3)4)17-36-14-13-35(12-10-31(32,33)34)18-24(36)20-7-8-22(25(38)16-20)28(39)42-6/h7-9,11,15-16,24,38H,10,12-14,17-18H2,1-6H3. The van der Waals surface area contributed by atoms with Crippen LogP contribution < -0.4 is 4.74 Å². The van der Waals surface area contributed by atoms with Gasteiger partial charge in [0.1, 0.15) is 22.7 Å². The smallest absolute Gasteiger partial charge is 0.419 e. The number of hydrogen-bond acceptors (Lipinski definition) is 8. The molecule has 2 heterocycles. The summed E-state index contributed by atoms with van der Waals surface area (Å²) in [5.41, 5.74) is 2.22. The quantitative estimate of drug-likeness (QED) is 0.326. The van der Waals surface area contributed by atoms with E-state index in [2.05, 4.69) is 4.90 Å². The van der Waals surface area contributed by atoms with Crippen LogP contribution in [0.4, 0.5) is 18.0 Å². The minimum absolute atomic E-state index is 0.00654. The highest BCUT2D eigenvalue weighted by atomic mass is 19.4. The highest BCUT2D eigenvalue weighted by Crippen LogP contribution is 2.37. The molecule has 0 spiro atoms. The number of carbonyl (C=O) groups excluding carboxylic acids is 2. The lowest BCUT2D eigenvalue weighted by molar-refractivity contribution is -0.139. The average Bonchev–Trinajstić information content (AvgIpc) is 3.38. The molecule has 9 nitrogen and oxygen atoms in total. The number of aromatic hydroxyl groups is 1. The lowest BCUT2D eigenvalue weighted by atomic mass is 9.97. The summed E-state index contributed by atoms with van der Waals surface area (Å²) in [4.78, 5) is 28.9. The molecule has 3 aromatic rings. The number of fused-ring (bicyclic) bond motifs is 1. The normalized spacial score (nSPS) is 16.8. The number of piperazine rings is 1. The number of aromatic nitrogens is 1. The molecule has 1 aliphatic rings. The molecular formula is C31H38F3N3O6. The zero-order valence-electron chi connectivity index (χ0n) is 25.2. The van der Waals surface area contributed by atoms with Crippen LogP contribution in [0, 0.1) is 6.92 Å². The van der Waals surface area contributed by atoms with E-state index in [0.717, 1.165) is 16.5 Å². The summed E-state index contributed by atoms with van der Waals surface area (Å²) in [5, 5.41) is 11.4. The number of hydrogen-bond donors (Lipinski definition) is 1. The van der Waals surface area contributed by atoms with E-state index < -0.39 is 36.3 Å². The summed E-state index contributed by atoms with van der Waals surface area (Å²) >= 11 is 0. The molecule has 2 aromatic carbocycles. The van der Waals surface area contributed by atoms with Gasteiger partial charge in [0.05, 0.1) is 26.2 Å². The maximum Gasteiger partial charge on any atom is 0.419 e. The number of halogens is 3. The molecule has 1 atom stereocenters.